The molecule has 2 atom stereocenters. The van der Waals surface area contributed by atoms with Crippen molar-refractivity contribution in [3.8, 4) is 0 Å². The number of carbonyl (C=O) groups excluding carboxylic acids is 2. The molecule has 0 unspecified atom stereocenters. The molecule has 1 aromatic rings. The first-order chi connectivity index (χ1) is 13.8. The van der Waals surface area contributed by atoms with Crippen LogP contribution in [0, 0.1) is 5.41 Å². The lowest BCUT2D eigenvalue weighted by atomic mass is 9.73. The van der Waals surface area contributed by atoms with E-state index in [1.165, 1.54) is 0 Å². The molecule has 0 radical (unpaired) electrons. The molecule has 1 fully saturated rings. The average molecular weight is 436 g/mol. The second kappa shape index (κ2) is 8.13. The molecule has 8 heteroatoms. The van der Waals surface area contributed by atoms with Gasteiger partial charge in [-0.2, -0.15) is 0 Å². The molecular formula is C22H33N3O4S. The highest BCUT2D eigenvalue weighted by Gasteiger charge is 2.51. The molecule has 1 aliphatic heterocycles. The first-order valence-electron chi connectivity index (χ1n) is 10.4. The van der Waals surface area contributed by atoms with E-state index < -0.39 is 21.7 Å². The zero-order chi connectivity index (χ0) is 22.3. The number of hydrogen-bond acceptors (Lipinski definition) is 6. The van der Waals surface area contributed by atoms with Crippen molar-refractivity contribution in [3.05, 3.63) is 29.1 Å². The van der Waals surface area contributed by atoms with Crippen LogP contribution in [0.2, 0.25) is 0 Å². The van der Waals surface area contributed by atoms with E-state index in [0.29, 0.717) is 18.7 Å². The minimum absolute atomic E-state index is 0.180. The molecule has 1 aromatic heterocycles. The van der Waals surface area contributed by atoms with Crippen LogP contribution in [0.25, 0.3) is 0 Å². The SMILES string of the molecule is CC(C)(C)OC(=O)N1CCC2(CC1)Cc1ncc(C=O)cc1[C@H]2N[S@+]([O-])C(C)(C)C. The quantitative estimate of drug-likeness (QED) is 0.576. The van der Waals surface area contributed by atoms with Gasteiger partial charge in [0.25, 0.3) is 0 Å². The summed E-state index contributed by atoms with van der Waals surface area (Å²) >= 11 is -1.27. The number of nitrogens with one attached hydrogen (secondary N) is 1. The molecule has 0 bridgehead atoms. The van der Waals surface area contributed by atoms with Gasteiger partial charge in [0.2, 0.25) is 0 Å². The summed E-state index contributed by atoms with van der Waals surface area (Å²) in [5.41, 5.74) is 1.68. The van der Waals surface area contributed by atoms with Crippen LogP contribution in [-0.2, 0) is 22.5 Å². The van der Waals surface area contributed by atoms with E-state index in [0.717, 1.165) is 36.8 Å². The Morgan fingerprint density at radius 3 is 2.47 bits per heavy atom. The molecule has 3 rings (SSSR count). The molecule has 0 aromatic carbocycles. The summed E-state index contributed by atoms with van der Waals surface area (Å²) in [5, 5.41) is 0. The number of rotatable bonds is 3. The molecule has 2 heterocycles. The van der Waals surface area contributed by atoms with Crippen molar-refractivity contribution in [1.82, 2.24) is 14.6 Å². The molecule has 166 valence electrons. The van der Waals surface area contributed by atoms with Gasteiger partial charge in [-0.3, -0.25) is 9.78 Å². The second-order valence-corrected chi connectivity index (χ2v) is 12.4. The summed E-state index contributed by atoms with van der Waals surface area (Å²) in [7, 11) is 0. The lowest BCUT2D eigenvalue weighted by Crippen LogP contribution is -2.51. The van der Waals surface area contributed by atoms with E-state index in [1.807, 2.05) is 47.6 Å². The Labute approximate surface area is 182 Å². The predicted octanol–water partition coefficient (Wildman–Crippen LogP) is 3.56. The van der Waals surface area contributed by atoms with Gasteiger partial charge in [0, 0.05) is 47.3 Å². The summed E-state index contributed by atoms with van der Waals surface area (Å²) in [6, 6.07) is 1.68. The molecule has 1 spiro atoms. The van der Waals surface area contributed by atoms with E-state index >= 15 is 0 Å². The Morgan fingerprint density at radius 1 is 1.30 bits per heavy atom. The van der Waals surface area contributed by atoms with Gasteiger partial charge < -0.3 is 14.2 Å². The molecule has 2 aliphatic rings. The summed E-state index contributed by atoms with van der Waals surface area (Å²) in [4.78, 5) is 30.1. The van der Waals surface area contributed by atoms with Crippen molar-refractivity contribution >= 4 is 23.7 Å². The molecule has 30 heavy (non-hydrogen) atoms. The topological polar surface area (TPSA) is 94.6 Å². The number of fused-ring (bicyclic) bond motifs is 1. The van der Waals surface area contributed by atoms with Gasteiger partial charge >= 0.3 is 6.09 Å². The largest absolute Gasteiger partial charge is 0.598 e. The van der Waals surface area contributed by atoms with Gasteiger partial charge in [-0.05, 0) is 72.4 Å². The highest BCUT2D eigenvalue weighted by atomic mass is 32.2. The summed E-state index contributed by atoms with van der Waals surface area (Å²) < 4.78 is 21.4. The summed E-state index contributed by atoms with van der Waals surface area (Å²) in [5.74, 6) is 0. The van der Waals surface area contributed by atoms with Crippen LogP contribution in [0.4, 0.5) is 4.79 Å². The lowest BCUT2D eigenvalue weighted by Gasteiger charge is -2.43. The smallest absolute Gasteiger partial charge is 0.410 e. The van der Waals surface area contributed by atoms with E-state index in [-0.39, 0.29) is 17.6 Å². The van der Waals surface area contributed by atoms with E-state index in [9.17, 15) is 14.1 Å². The molecule has 1 amide bonds. The van der Waals surface area contributed by atoms with Crippen molar-refractivity contribution in [1.29, 1.82) is 0 Å². The fourth-order valence-electron chi connectivity index (χ4n) is 4.15. The van der Waals surface area contributed by atoms with Crippen LogP contribution in [0.5, 0.6) is 0 Å². The number of carbonyl (C=O) groups is 2. The van der Waals surface area contributed by atoms with Gasteiger partial charge in [-0.25, -0.2) is 4.79 Å². The normalized spacial score (nSPS) is 22.0. The summed E-state index contributed by atoms with van der Waals surface area (Å²) in [6.07, 6.45) is 4.33. The third kappa shape index (κ3) is 4.81. The van der Waals surface area contributed by atoms with E-state index in [4.69, 9.17) is 4.74 Å². The number of hydrogen-bond donors (Lipinski definition) is 1. The number of aromatic nitrogens is 1. The number of likely N-dealkylation sites (tertiary alicyclic amines) is 1. The third-order valence-corrected chi connectivity index (χ3v) is 7.36. The van der Waals surface area contributed by atoms with Crippen molar-refractivity contribution < 1.29 is 18.9 Å². The van der Waals surface area contributed by atoms with Crippen LogP contribution in [-0.4, -0.2) is 50.3 Å². The Balaban J connectivity index is 1.84. The van der Waals surface area contributed by atoms with Gasteiger partial charge in [0.15, 0.2) is 6.29 Å². The van der Waals surface area contributed by atoms with Crippen LogP contribution in [0.3, 0.4) is 0 Å². The van der Waals surface area contributed by atoms with Crippen LogP contribution in [0.1, 0.15) is 82.0 Å². The second-order valence-electron chi connectivity index (χ2n) is 10.4. The molecule has 1 N–H and O–H groups in total. The minimum Gasteiger partial charge on any atom is -0.598 e. The maximum Gasteiger partial charge on any atom is 0.410 e. The Bertz CT molecular complexity index is 808. The van der Waals surface area contributed by atoms with E-state index in [1.54, 1.807) is 11.1 Å². The monoisotopic (exact) mass is 435 g/mol. The van der Waals surface area contributed by atoms with Crippen molar-refractivity contribution in [2.24, 2.45) is 5.41 Å². The number of nitrogens with zero attached hydrogens (tertiary/aromatic N) is 2. The van der Waals surface area contributed by atoms with Crippen LogP contribution >= 0.6 is 0 Å². The highest BCUT2D eigenvalue weighted by Crippen LogP contribution is 2.52. The molecule has 0 saturated carbocycles. The Hall–Kier alpha value is -1.64. The van der Waals surface area contributed by atoms with Crippen molar-refractivity contribution in [3.63, 3.8) is 0 Å². The molecular weight excluding hydrogens is 402 g/mol. The molecule has 1 aliphatic carbocycles. The highest BCUT2D eigenvalue weighted by molar-refractivity contribution is 7.90. The van der Waals surface area contributed by atoms with Gasteiger partial charge in [-0.15, -0.1) is 4.72 Å². The van der Waals surface area contributed by atoms with Crippen molar-refractivity contribution in [2.75, 3.05) is 13.1 Å². The lowest BCUT2D eigenvalue weighted by molar-refractivity contribution is 0.00710. The zero-order valence-corrected chi connectivity index (χ0v) is 19.6. The fraction of sp³-hybridized carbons (Fsp3) is 0.682. The van der Waals surface area contributed by atoms with E-state index in [2.05, 4.69) is 9.71 Å². The predicted molar refractivity (Wildman–Crippen MR) is 117 cm³/mol. The fourth-order valence-corrected chi connectivity index (χ4v) is 5.10. The number of amides is 1. The first kappa shape index (κ1) is 23.0. The van der Waals surface area contributed by atoms with Crippen LogP contribution < -0.4 is 4.72 Å². The van der Waals surface area contributed by atoms with Gasteiger partial charge in [0.05, 0.1) is 6.04 Å². The Kier molecular flexibility index (Phi) is 6.24. The zero-order valence-electron chi connectivity index (χ0n) is 18.8. The summed E-state index contributed by atoms with van der Waals surface area (Å²) in [6.45, 7) is 12.5. The third-order valence-electron chi connectivity index (χ3n) is 5.80. The maximum absolute atomic E-state index is 13.0. The number of piperidine rings is 1. The number of aldehydes is 1. The minimum atomic E-state index is -1.27. The molecule has 7 nitrogen and oxygen atoms in total. The number of ether oxygens (including phenoxy) is 1. The van der Waals surface area contributed by atoms with Gasteiger partial charge in [-0.1, -0.05) is 0 Å². The molecule has 1 saturated heterocycles. The number of pyridine rings is 1. The van der Waals surface area contributed by atoms with Crippen LogP contribution in [0.15, 0.2) is 12.3 Å². The average Bonchev–Trinajstić information content (AvgIpc) is 2.92. The standard InChI is InChI=1S/C22H33N3O4S/c1-20(2,3)29-19(27)25-9-7-22(8-10-25)12-17-16(11-15(14-26)13-23-17)18(22)24-30(28)21(4,5)6/h11,13-14,18,24H,7-10,12H2,1-6H3/t18-,30-/m1/s1. The first-order valence-corrected chi connectivity index (χ1v) is 11.6. The van der Waals surface area contributed by atoms with Crippen molar-refractivity contribution in [2.45, 2.75) is 77.2 Å². The maximum atomic E-state index is 13.0. The Morgan fingerprint density at radius 2 is 1.93 bits per heavy atom. The van der Waals surface area contributed by atoms with Gasteiger partial charge in [0.1, 0.15) is 10.3 Å².